The van der Waals surface area contributed by atoms with Gasteiger partial charge in [0.05, 0.1) is 23.3 Å². The van der Waals surface area contributed by atoms with Crippen LogP contribution in [0.3, 0.4) is 0 Å². The summed E-state index contributed by atoms with van der Waals surface area (Å²) in [6, 6.07) is 13.5. The van der Waals surface area contributed by atoms with E-state index in [1.807, 2.05) is 32.9 Å². The molecule has 0 saturated carbocycles. The Kier molecular flexibility index (Phi) is 4.95. The summed E-state index contributed by atoms with van der Waals surface area (Å²) in [5, 5.41) is 12.1. The summed E-state index contributed by atoms with van der Waals surface area (Å²) >= 11 is 0. The molecule has 5 nitrogen and oxygen atoms in total. The van der Waals surface area contributed by atoms with Crippen molar-refractivity contribution in [2.45, 2.75) is 38.6 Å². The van der Waals surface area contributed by atoms with Gasteiger partial charge in [-0.3, -0.25) is 4.79 Å². The number of amides is 1. The fraction of sp³-hybridized carbons (Fsp3) is 0.286. The molecule has 0 aliphatic heterocycles. The second-order valence-corrected chi connectivity index (χ2v) is 6.99. The molecule has 3 rings (SSSR count). The zero-order valence-corrected chi connectivity index (χ0v) is 15.5. The van der Waals surface area contributed by atoms with Crippen LogP contribution >= 0.6 is 0 Å². The van der Waals surface area contributed by atoms with E-state index in [1.165, 1.54) is 12.4 Å². The number of carbonyl (C=O) groups excluding carboxylic acids is 1. The predicted octanol–water partition coefficient (Wildman–Crippen LogP) is 4.57. The third-order valence-electron chi connectivity index (χ3n) is 4.72. The van der Waals surface area contributed by atoms with E-state index in [-0.39, 0.29) is 5.91 Å². The molecular weight excluding hydrogens is 343 g/mol. The van der Waals surface area contributed by atoms with Crippen molar-refractivity contribution in [1.82, 2.24) is 9.55 Å². The first-order valence-electron chi connectivity index (χ1n) is 8.81. The molecule has 1 aromatic heterocycles. The molecule has 0 fully saturated rings. The van der Waals surface area contributed by atoms with Crippen molar-refractivity contribution in [3.8, 4) is 6.07 Å². The van der Waals surface area contributed by atoms with Gasteiger partial charge in [0.1, 0.15) is 17.4 Å². The number of aromatic nitrogens is 2. The van der Waals surface area contributed by atoms with Crippen LogP contribution in [-0.4, -0.2) is 15.5 Å². The Morgan fingerprint density at radius 1 is 1.30 bits per heavy atom. The van der Waals surface area contributed by atoms with Gasteiger partial charge in [0, 0.05) is 5.69 Å². The molecule has 0 radical (unpaired) electrons. The Morgan fingerprint density at radius 3 is 2.63 bits per heavy atom. The van der Waals surface area contributed by atoms with E-state index in [1.54, 1.807) is 28.8 Å². The van der Waals surface area contributed by atoms with Gasteiger partial charge in [0.15, 0.2) is 0 Å². The number of carbonyl (C=O) groups is 1. The van der Waals surface area contributed by atoms with Gasteiger partial charge in [-0.1, -0.05) is 25.1 Å². The van der Waals surface area contributed by atoms with Gasteiger partial charge in [-0.15, -0.1) is 0 Å². The van der Waals surface area contributed by atoms with E-state index in [4.69, 9.17) is 0 Å². The lowest BCUT2D eigenvalue weighted by atomic mass is 9.86. The minimum absolute atomic E-state index is 0.243. The highest BCUT2D eigenvalue weighted by Gasteiger charge is 2.23. The lowest BCUT2D eigenvalue weighted by Gasteiger charge is -2.19. The number of nitriles is 1. The molecule has 0 aliphatic carbocycles. The van der Waals surface area contributed by atoms with Crippen molar-refractivity contribution in [3.05, 3.63) is 60.2 Å². The molecule has 1 atom stereocenters. The quantitative estimate of drug-likeness (QED) is 0.721. The highest BCUT2D eigenvalue weighted by Crippen LogP contribution is 2.26. The number of halogens is 1. The SMILES string of the molecule is CCC(C(=O)Nc1ccc(C(C)(C)C#N)cc1)n1cnc2cccc(F)c21. The molecule has 1 unspecified atom stereocenters. The van der Waals surface area contributed by atoms with Gasteiger partial charge in [-0.05, 0) is 50.1 Å². The molecule has 1 N–H and O–H groups in total. The number of fused-ring (bicyclic) bond motifs is 1. The van der Waals surface area contributed by atoms with Gasteiger partial charge >= 0.3 is 0 Å². The lowest BCUT2D eigenvalue weighted by molar-refractivity contribution is -0.119. The summed E-state index contributed by atoms with van der Waals surface area (Å²) < 4.78 is 15.8. The van der Waals surface area contributed by atoms with Crippen LogP contribution in [0.15, 0.2) is 48.8 Å². The number of para-hydroxylation sites is 1. The third kappa shape index (κ3) is 3.54. The first-order chi connectivity index (χ1) is 12.9. The van der Waals surface area contributed by atoms with Crippen molar-refractivity contribution in [2.24, 2.45) is 0 Å². The van der Waals surface area contributed by atoms with E-state index < -0.39 is 17.3 Å². The standard InChI is InChI=1S/C21H21FN4O/c1-4-18(26-13-24-17-7-5-6-16(22)19(17)26)20(27)25-15-10-8-14(9-11-15)21(2,3)12-23/h5-11,13,18H,4H2,1-3H3,(H,25,27). The topological polar surface area (TPSA) is 70.7 Å². The summed E-state index contributed by atoms with van der Waals surface area (Å²) in [6.45, 7) is 5.55. The number of nitrogens with one attached hydrogen (secondary N) is 1. The number of hydrogen-bond acceptors (Lipinski definition) is 3. The van der Waals surface area contributed by atoms with E-state index in [0.717, 1.165) is 5.56 Å². The summed E-state index contributed by atoms with van der Waals surface area (Å²) in [5.41, 5.74) is 1.75. The van der Waals surface area contributed by atoms with Crippen LogP contribution in [0, 0.1) is 17.1 Å². The van der Waals surface area contributed by atoms with Crippen LogP contribution in [0.2, 0.25) is 0 Å². The highest BCUT2D eigenvalue weighted by atomic mass is 19.1. The van der Waals surface area contributed by atoms with Crippen LogP contribution in [0.4, 0.5) is 10.1 Å². The molecule has 138 valence electrons. The molecule has 3 aromatic rings. The van der Waals surface area contributed by atoms with Crippen LogP contribution in [-0.2, 0) is 10.2 Å². The summed E-state index contributed by atoms with van der Waals surface area (Å²) in [7, 11) is 0. The van der Waals surface area contributed by atoms with Crippen LogP contribution in [0.25, 0.3) is 11.0 Å². The molecule has 0 aliphatic rings. The van der Waals surface area contributed by atoms with Crippen molar-refractivity contribution < 1.29 is 9.18 Å². The van der Waals surface area contributed by atoms with Crippen LogP contribution in [0.5, 0.6) is 0 Å². The number of rotatable bonds is 5. The third-order valence-corrected chi connectivity index (χ3v) is 4.72. The molecule has 0 spiro atoms. The lowest BCUT2D eigenvalue weighted by Crippen LogP contribution is -2.25. The average molecular weight is 364 g/mol. The van der Waals surface area contributed by atoms with Crippen molar-refractivity contribution >= 4 is 22.6 Å². The van der Waals surface area contributed by atoms with E-state index in [0.29, 0.717) is 23.1 Å². The maximum Gasteiger partial charge on any atom is 0.247 e. The van der Waals surface area contributed by atoms with Gasteiger partial charge in [-0.2, -0.15) is 5.26 Å². The Hall–Kier alpha value is -3.20. The minimum atomic E-state index is -0.595. The number of benzene rings is 2. The Morgan fingerprint density at radius 2 is 2.00 bits per heavy atom. The first-order valence-corrected chi connectivity index (χ1v) is 8.81. The van der Waals surface area contributed by atoms with Gasteiger partial charge in [0.2, 0.25) is 5.91 Å². The molecule has 6 heteroatoms. The molecule has 27 heavy (non-hydrogen) atoms. The van der Waals surface area contributed by atoms with Gasteiger partial charge < -0.3 is 9.88 Å². The predicted molar refractivity (Wildman–Crippen MR) is 103 cm³/mol. The van der Waals surface area contributed by atoms with Crippen LogP contribution < -0.4 is 5.32 Å². The summed E-state index contributed by atoms with van der Waals surface area (Å²) in [4.78, 5) is 17.0. The summed E-state index contributed by atoms with van der Waals surface area (Å²) in [6.07, 6.45) is 1.99. The van der Waals surface area contributed by atoms with Crippen molar-refractivity contribution in [2.75, 3.05) is 5.32 Å². The zero-order chi connectivity index (χ0) is 19.6. The summed E-state index contributed by atoms with van der Waals surface area (Å²) in [5.74, 6) is -0.647. The fourth-order valence-corrected chi connectivity index (χ4v) is 3.05. The average Bonchev–Trinajstić information content (AvgIpc) is 3.08. The van der Waals surface area contributed by atoms with E-state index in [2.05, 4.69) is 16.4 Å². The highest BCUT2D eigenvalue weighted by molar-refractivity contribution is 5.94. The van der Waals surface area contributed by atoms with Crippen LogP contribution in [0.1, 0.15) is 38.8 Å². The second kappa shape index (κ2) is 7.20. The van der Waals surface area contributed by atoms with E-state index in [9.17, 15) is 14.4 Å². The van der Waals surface area contributed by atoms with Crippen molar-refractivity contribution in [1.29, 1.82) is 5.26 Å². The maximum atomic E-state index is 14.2. The van der Waals surface area contributed by atoms with Gasteiger partial charge in [-0.25, -0.2) is 9.37 Å². The Bertz CT molecular complexity index is 1010. The molecule has 1 heterocycles. The monoisotopic (exact) mass is 364 g/mol. The number of imidazole rings is 1. The Labute approximate surface area is 157 Å². The minimum Gasteiger partial charge on any atom is -0.324 e. The smallest absolute Gasteiger partial charge is 0.247 e. The number of hydrogen-bond donors (Lipinski definition) is 1. The molecule has 2 aromatic carbocycles. The first kappa shape index (κ1) is 18.6. The number of anilines is 1. The zero-order valence-electron chi connectivity index (χ0n) is 15.5. The fourth-order valence-electron chi connectivity index (χ4n) is 3.05. The largest absolute Gasteiger partial charge is 0.324 e. The maximum absolute atomic E-state index is 14.2. The molecular formula is C21H21FN4O. The van der Waals surface area contributed by atoms with Crippen molar-refractivity contribution in [3.63, 3.8) is 0 Å². The van der Waals surface area contributed by atoms with Gasteiger partial charge in [0.25, 0.3) is 0 Å². The number of nitrogens with zero attached hydrogens (tertiary/aromatic N) is 3. The molecule has 0 saturated heterocycles. The van der Waals surface area contributed by atoms with E-state index >= 15 is 0 Å². The molecule has 1 amide bonds. The normalized spacial score (nSPS) is 12.6. The Balaban J connectivity index is 1.85. The molecule has 0 bridgehead atoms. The second-order valence-electron chi connectivity index (χ2n) is 6.99.